The van der Waals surface area contributed by atoms with Crippen molar-refractivity contribution >= 4 is 22.1 Å². The van der Waals surface area contributed by atoms with Gasteiger partial charge in [-0.1, -0.05) is 6.07 Å². The fraction of sp³-hybridized carbons (Fsp3) is 0.467. The van der Waals surface area contributed by atoms with E-state index in [4.69, 9.17) is 9.29 Å². The molecule has 1 aromatic rings. The molecule has 0 aliphatic carbocycles. The molecule has 7 nitrogen and oxygen atoms in total. The second-order valence-corrected chi connectivity index (χ2v) is 6.99. The van der Waals surface area contributed by atoms with Crippen LogP contribution >= 0.6 is 0 Å². The molecule has 25 heavy (non-hydrogen) atoms. The van der Waals surface area contributed by atoms with Crippen molar-refractivity contribution in [2.24, 2.45) is 0 Å². The fourth-order valence-corrected chi connectivity index (χ4v) is 2.43. The van der Waals surface area contributed by atoms with E-state index in [9.17, 15) is 26.8 Å². The van der Waals surface area contributed by atoms with E-state index >= 15 is 0 Å². The first-order valence-corrected chi connectivity index (χ1v) is 8.50. The molecule has 1 atom stereocenters. The monoisotopic (exact) mass is 380 g/mol. The maximum atomic E-state index is 13.3. The minimum absolute atomic E-state index is 0.210. The molecule has 10 heteroatoms. The van der Waals surface area contributed by atoms with Crippen LogP contribution in [0.3, 0.4) is 0 Å². The zero-order valence-corrected chi connectivity index (χ0v) is 14.8. The van der Waals surface area contributed by atoms with Crippen LogP contribution in [0.4, 0.5) is 8.78 Å². The zero-order valence-electron chi connectivity index (χ0n) is 14.0. The Morgan fingerprint density at radius 3 is 2.32 bits per heavy atom. The van der Waals surface area contributed by atoms with Gasteiger partial charge in [0.2, 0.25) is 0 Å². The minimum Gasteiger partial charge on any atom is -0.452 e. The van der Waals surface area contributed by atoms with Gasteiger partial charge in [-0.25, -0.2) is 9.59 Å². The first-order chi connectivity index (χ1) is 11.3. The van der Waals surface area contributed by atoms with Crippen molar-refractivity contribution in [3.8, 4) is 0 Å². The maximum absolute atomic E-state index is 13.3. The summed E-state index contributed by atoms with van der Waals surface area (Å²) in [5, 5.41) is -4.68. The lowest BCUT2D eigenvalue weighted by atomic mass is 10.0. The lowest BCUT2D eigenvalue weighted by Crippen LogP contribution is -2.42. The Morgan fingerprint density at radius 2 is 1.80 bits per heavy atom. The summed E-state index contributed by atoms with van der Waals surface area (Å²) >= 11 is 0. The molecule has 0 aromatic heterocycles. The highest BCUT2D eigenvalue weighted by Gasteiger charge is 2.52. The summed E-state index contributed by atoms with van der Waals surface area (Å²) in [5.41, 5.74) is 2.46. The number of benzene rings is 1. The van der Waals surface area contributed by atoms with E-state index in [-0.39, 0.29) is 5.56 Å². The van der Waals surface area contributed by atoms with Gasteiger partial charge < -0.3 is 9.47 Å². The molecule has 1 rings (SSSR count). The first kappa shape index (κ1) is 21.0. The van der Waals surface area contributed by atoms with Crippen molar-refractivity contribution in [3.63, 3.8) is 0 Å². The third-order valence-electron chi connectivity index (χ3n) is 3.48. The van der Waals surface area contributed by atoms with E-state index in [0.29, 0.717) is 12.5 Å². The number of carbonyl (C=O) groups is 2. The van der Waals surface area contributed by atoms with Crippen LogP contribution in [0.1, 0.15) is 34.0 Å². The van der Waals surface area contributed by atoms with Crippen molar-refractivity contribution in [2.45, 2.75) is 39.1 Å². The molecule has 0 fully saturated rings. The summed E-state index contributed by atoms with van der Waals surface area (Å²) in [4.78, 5) is 23.5. The molecule has 0 bridgehead atoms. The van der Waals surface area contributed by atoms with Gasteiger partial charge in [-0.3, -0.25) is 4.55 Å². The number of alkyl halides is 2. The van der Waals surface area contributed by atoms with E-state index < -0.39 is 40.0 Å². The highest BCUT2D eigenvalue weighted by molar-refractivity contribution is 7.86. The maximum Gasteiger partial charge on any atom is 0.405 e. The highest BCUT2D eigenvalue weighted by atomic mass is 32.2. The Labute approximate surface area is 143 Å². The van der Waals surface area contributed by atoms with Gasteiger partial charge >= 0.3 is 27.3 Å². The Balaban J connectivity index is 2.73. The van der Waals surface area contributed by atoms with Gasteiger partial charge in [0.1, 0.15) is 0 Å². The Hall–Kier alpha value is -2.07. The van der Waals surface area contributed by atoms with E-state index in [1.54, 1.807) is 26.8 Å². The number of rotatable bonds is 6. The summed E-state index contributed by atoms with van der Waals surface area (Å²) in [7, 11) is -5.75. The first-order valence-electron chi connectivity index (χ1n) is 7.06. The molecule has 1 unspecified atom stereocenters. The lowest BCUT2D eigenvalue weighted by molar-refractivity contribution is -0.162. The third-order valence-corrected chi connectivity index (χ3v) is 4.50. The molecule has 0 spiro atoms. The summed E-state index contributed by atoms with van der Waals surface area (Å²) < 4.78 is 65.0. The van der Waals surface area contributed by atoms with Gasteiger partial charge in [-0.05, 0) is 50.5 Å². The average molecular weight is 380 g/mol. The van der Waals surface area contributed by atoms with Gasteiger partial charge in [0.25, 0.3) is 0 Å². The van der Waals surface area contributed by atoms with E-state index in [0.717, 1.165) is 11.1 Å². The van der Waals surface area contributed by atoms with Crippen molar-refractivity contribution in [2.75, 3.05) is 6.61 Å². The normalized spacial score (nSPS) is 13.2. The van der Waals surface area contributed by atoms with Crippen molar-refractivity contribution in [3.05, 3.63) is 34.4 Å². The number of esters is 2. The molecule has 1 aromatic carbocycles. The number of hydrogen-bond donors (Lipinski definition) is 1. The number of aryl methyl sites for hydroxylation is 2. The second-order valence-electron chi connectivity index (χ2n) is 5.50. The molecule has 140 valence electrons. The third kappa shape index (κ3) is 4.95. The van der Waals surface area contributed by atoms with Crippen LogP contribution in [0, 0.1) is 20.8 Å². The van der Waals surface area contributed by atoms with Gasteiger partial charge in [-0.15, -0.1) is 0 Å². The highest BCUT2D eigenvalue weighted by Crippen LogP contribution is 2.27. The minimum atomic E-state index is -5.75. The fourth-order valence-electron chi connectivity index (χ4n) is 1.96. The molecular formula is C15H18F2O7S. The molecule has 0 radical (unpaired) electrons. The van der Waals surface area contributed by atoms with E-state index in [2.05, 4.69) is 4.74 Å². The quantitative estimate of drug-likeness (QED) is 0.595. The standard InChI is InChI=1S/C15H18F2O7S/c1-8-5-9(2)10(3)12(6-8)14(19)23-7-13(18)24-11(4)15(16,17)25(20,21)22/h5-6,11H,7H2,1-4H3,(H,20,21,22). The zero-order chi connectivity index (χ0) is 19.6. The Morgan fingerprint density at radius 1 is 1.24 bits per heavy atom. The van der Waals surface area contributed by atoms with Crippen molar-refractivity contribution < 1.29 is 40.8 Å². The molecule has 0 saturated heterocycles. The van der Waals surface area contributed by atoms with Crippen molar-refractivity contribution in [1.82, 2.24) is 0 Å². The van der Waals surface area contributed by atoms with Crippen LogP contribution in [0.2, 0.25) is 0 Å². The van der Waals surface area contributed by atoms with Gasteiger partial charge in [-0.2, -0.15) is 17.2 Å². The summed E-state index contributed by atoms with van der Waals surface area (Å²) in [6, 6.07) is 3.39. The van der Waals surface area contributed by atoms with E-state index in [1.165, 1.54) is 0 Å². The largest absolute Gasteiger partial charge is 0.452 e. The van der Waals surface area contributed by atoms with Crippen LogP contribution in [0.15, 0.2) is 12.1 Å². The van der Waals surface area contributed by atoms with Gasteiger partial charge in [0.05, 0.1) is 5.56 Å². The Bertz CT molecular complexity index is 787. The predicted octanol–water partition coefficient (Wildman–Crippen LogP) is 2.18. The van der Waals surface area contributed by atoms with Crippen LogP contribution < -0.4 is 0 Å². The SMILES string of the molecule is Cc1cc(C)c(C)c(C(=O)OCC(=O)OC(C)C(F)(F)S(=O)(=O)O)c1. The number of carbonyl (C=O) groups excluding carboxylic acids is 2. The van der Waals surface area contributed by atoms with Crippen molar-refractivity contribution in [1.29, 1.82) is 0 Å². The average Bonchev–Trinajstić information content (AvgIpc) is 2.47. The summed E-state index contributed by atoms with van der Waals surface area (Å²) in [6.07, 6.45) is -2.46. The molecule has 0 aliphatic rings. The van der Waals surface area contributed by atoms with Gasteiger partial charge in [0, 0.05) is 0 Å². The predicted molar refractivity (Wildman–Crippen MR) is 83.0 cm³/mol. The molecule has 0 amide bonds. The lowest BCUT2D eigenvalue weighted by Gasteiger charge is -2.20. The Kier molecular flexibility index (Phi) is 6.24. The molecule has 0 aliphatic heterocycles. The second kappa shape index (κ2) is 7.44. The smallest absolute Gasteiger partial charge is 0.405 e. The van der Waals surface area contributed by atoms with Crippen LogP contribution in [-0.2, 0) is 24.4 Å². The molecule has 0 heterocycles. The topological polar surface area (TPSA) is 107 Å². The summed E-state index contributed by atoms with van der Waals surface area (Å²) in [6.45, 7) is 4.82. The van der Waals surface area contributed by atoms with E-state index in [1.807, 2.05) is 6.07 Å². The molecule has 0 saturated carbocycles. The number of hydrogen-bond acceptors (Lipinski definition) is 6. The molecular weight excluding hydrogens is 362 g/mol. The molecule has 1 N–H and O–H groups in total. The number of ether oxygens (including phenoxy) is 2. The van der Waals surface area contributed by atoms with Gasteiger partial charge in [0.15, 0.2) is 12.7 Å². The summed E-state index contributed by atoms with van der Waals surface area (Å²) in [5.74, 6) is -2.23. The van der Waals surface area contributed by atoms with Crippen LogP contribution in [0.25, 0.3) is 0 Å². The van der Waals surface area contributed by atoms with Crippen LogP contribution in [-0.4, -0.2) is 42.9 Å². The van der Waals surface area contributed by atoms with Crippen LogP contribution in [0.5, 0.6) is 0 Å². The number of halogens is 2.